The van der Waals surface area contributed by atoms with Gasteiger partial charge in [0.1, 0.15) is 78.3 Å². The highest BCUT2D eigenvalue weighted by atomic mass is 32.2. The summed E-state index contributed by atoms with van der Waals surface area (Å²) >= 11 is 5.43. The number of thiol groups is 1. The maximum Gasteiger partial charge on any atom is 0.326 e. The molecule has 3 aromatic carbocycles. The van der Waals surface area contributed by atoms with Gasteiger partial charge in [-0.2, -0.15) is 24.4 Å². The number of guanidine groups is 1. The molecule has 3 aromatic rings. The van der Waals surface area contributed by atoms with Gasteiger partial charge in [-0.3, -0.25) is 77.3 Å². The van der Waals surface area contributed by atoms with Crippen LogP contribution in [0.5, 0.6) is 5.75 Å². The van der Waals surface area contributed by atoms with Crippen LogP contribution in [0.4, 0.5) is 0 Å². The van der Waals surface area contributed by atoms with Gasteiger partial charge in [0.05, 0.1) is 25.0 Å². The molecule has 0 saturated heterocycles. The number of phenolic OH excluding ortho intramolecular Hbond substituents is 1. The van der Waals surface area contributed by atoms with Crippen molar-refractivity contribution in [2.75, 3.05) is 37.4 Å². The molecule has 0 spiro atoms. The summed E-state index contributed by atoms with van der Waals surface area (Å²) in [6.07, 6.45) is -4.35. The van der Waals surface area contributed by atoms with Gasteiger partial charge < -0.3 is 123 Å². The third kappa shape index (κ3) is 38.0. The number of amides is 12. The van der Waals surface area contributed by atoms with Crippen molar-refractivity contribution in [2.45, 2.75) is 208 Å². The maximum atomic E-state index is 14.6. The third-order valence-electron chi connectivity index (χ3n) is 18.0. The van der Waals surface area contributed by atoms with Gasteiger partial charge in [-0.15, -0.1) is 0 Å². The summed E-state index contributed by atoms with van der Waals surface area (Å²) in [5.74, 6) is -20.9. The van der Waals surface area contributed by atoms with Crippen LogP contribution in [0.15, 0.2) is 84.9 Å². The number of aliphatic hydroxyl groups excluding tert-OH is 1. The highest BCUT2D eigenvalue weighted by Gasteiger charge is 2.39. The Morgan fingerprint density at radius 2 is 0.778 bits per heavy atom. The van der Waals surface area contributed by atoms with Crippen LogP contribution in [0, 0.1) is 11.3 Å². The topological polar surface area (TPSA) is 679 Å². The number of phenols is 1. The SMILES string of the molecule is CSCC[C@H](NC(=O)[C@H](CC(=O)O)NC(=O)[C@H](CCCCN)NC(=O)[C@H](CCCNC(=N)N)NC(=O)[C@H](Cc1ccccc1)NC(=O)[C@H](CS)NC(=O)[C@@H](N)Cc1ccc(O)cc1)C(=O)N[C@@H](CC(=O)O)C(=O)N[C@@H](CCCCN)C(=O)N[C@H](C(=O)N[C@@H](CCC(=O)O)C(=O)N[C@H](C(=O)N[C@@H](Cc1ccccc1)C(=O)O)[C@@H](C)O)C(C)C. The van der Waals surface area contributed by atoms with E-state index in [9.17, 15) is 107 Å². The Morgan fingerprint density at radius 1 is 0.419 bits per heavy atom. The third-order valence-corrected chi connectivity index (χ3v) is 19.0. The van der Waals surface area contributed by atoms with E-state index >= 15 is 0 Å². The van der Waals surface area contributed by atoms with E-state index in [1.54, 1.807) is 79.1 Å². The minimum atomic E-state index is -2.06. The van der Waals surface area contributed by atoms with Crippen molar-refractivity contribution in [3.63, 3.8) is 0 Å². The molecule has 14 atom stereocenters. The summed E-state index contributed by atoms with van der Waals surface area (Å²) in [6.45, 7) is 4.17. The smallest absolute Gasteiger partial charge is 0.326 e. The fourth-order valence-corrected chi connectivity index (χ4v) is 12.3. The summed E-state index contributed by atoms with van der Waals surface area (Å²) in [4.78, 5) is 219. The van der Waals surface area contributed by atoms with Crippen LogP contribution < -0.4 is 92.1 Å². The Morgan fingerprint density at radius 3 is 1.20 bits per heavy atom. The first-order valence-corrected chi connectivity index (χ1v) is 39.8. The van der Waals surface area contributed by atoms with Gasteiger partial charge in [0.25, 0.3) is 0 Å². The Bertz CT molecular complexity index is 3820. The quantitative estimate of drug-likeness (QED) is 0.0110. The van der Waals surface area contributed by atoms with Gasteiger partial charge in [-0.1, -0.05) is 86.6 Å². The van der Waals surface area contributed by atoms with Crippen molar-refractivity contribution in [1.82, 2.24) is 69.1 Å². The number of carboxylic acid groups (broad SMARTS) is 4. The average molecular weight is 1680 g/mol. The number of carbonyl (C=O) groups is 16. The molecule has 0 aliphatic heterocycles. The fraction of sp³-hybridized carbons (Fsp3) is 0.533. The number of hydrogen-bond donors (Lipinski definition) is 25. The molecule has 0 unspecified atom stereocenters. The molecular weight excluding hydrogens is 1570 g/mol. The molecule has 646 valence electrons. The summed E-state index contributed by atoms with van der Waals surface area (Å²) < 4.78 is 0. The first-order chi connectivity index (χ1) is 55.4. The van der Waals surface area contributed by atoms with E-state index in [2.05, 4.69) is 81.7 Å². The zero-order valence-corrected chi connectivity index (χ0v) is 67.2. The Kier molecular flexibility index (Phi) is 45.4. The van der Waals surface area contributed by atoms with Crippen molar-refractivity contribution < 1.29 is 107 Å². The first kappa shape index (κ1) is 100.0. The van der Waals surface area contributed by atoms with Gasteiger partial charge in [0.15, 0.2) is 5.96 Å². The van der Waals surface area contributed by atoms with E-state index < -0.39 is 217 Å². The number of benzene rings is 3. The second-order valence-corrected chi connectivity index (χ2v) is 29.3. The van der Waals surface area contributed by atoms with Crippen LogP contribution in [0.1, 0.15) is 121 Å². The van der Waals surface area contributed by atoms with Crippen LogP contribution in [-0.4, -0.2) is 253 Å². The molecule has 0 bridgehead atoms. The lowest BCUT2D eigenvalue weighted by Crippen LogP contribution is -2.62. The number of aromatic hydroxyl groups is 1. The molecule has 0 saturated carbocycles. The number of carboxylic acids is 4. The lowest BCUT2D eigenvalue weighted by atomic mass is 10.00. The Balaban J connectivity index is 1.94. The van der Waals surface area contributed by atoms with Crippen LogP contribution in [0.3, 0.4) is 0 Å². The molecule has 0 aliphatic carbocycles. The summed E-state index contributed by atoms with van der Waals surface area (Å²) in [7, 11) is 0. The number of unbranched alkanes of at least 4 members (excludes halogenated alkanes) is 2. The predicted molar refractivity (Wildman–Crippen MR) is 431 cm³/mol. The summed E-state index contributed by atoms with van der Waals surface area (Å²) in [5.41, 5.74) is 24.9. The Hall–Kier alpha value is -11.2. The summed E-state index contributed by atoms with van der Waals surface area (Å²) in [5, 5.41) is 99.4. The van der Waals surface area contributed by atoms with Gasteiger partial charge in [-0.25, -0.2) is 4.79 Å². The molecule has 0 aromatic heterocycles. The zero-order chi connectivity index (χ0) is 87.4. The minimum absolute atomic E-state index is 0.0140. The van der Waals surface area contributed by atoms with E-state index in [1.165, 1.54) is 26.0 Å². The van der Waals surface area contributed by atoms with Crippen LogP contribution in [0.25, 0.3) is 0 Å². The normalized spacial score (nSPS) is 14.6. The van der Waals surface area contributed by atoms with E-state index in [0.717, 1.165) is 18.7 Å². The number of aliphatic hydroxyl groups is 1. The number of nitrogens with two attached hydrogens (primary N) is 4. The number of rotatable bonds is 56. The molecule has 0 radical (unpaired) electrons. The van der Waals surface area contributed by atoms with E-state index in [-0.39, 0.29) is 114 Å². The largest absolute Gasteiger partial charge is 0.508 e. The van der Waals surface area contributed by atoms with Crippen molar-refractivity contribution in [3.05, 3.63) is 102 Å². The maximum absolute atomic E-state index is 14.6. The average Bonchev–Trinajstić information content (AvgIpc) is 0.770. The number of aliphatic carboxylic acids is 4. The minimum Gasteiger partial charge on any atom is -0.508 e. The molecule has 40 nitrogen and oxygen atoms in total. The second-order valence-electron chi connectivity index (χ2n) is 27.9. The van der Waals surface area contributed by atoms with Crippen LogP contribution in [0.2, 0.25) is 0 Å². The first-order valence-electron chi connectivity index (χ1n) is 37.8. The van der Waals surface area contributed by atoms with Crippen molar-refractivity contribution in [2.24, 2.45) is 28.9 Å². The molecule has 12 amide bonds. The lowest BCUT2D eigenvalue weighted by Gasteiger charge is -2.29. The fourth-order valence-electron chi connectivity index (χ4n) is 11.6. The number of hydrogen-bond acceptors (Lipinski definition) is 24. The van der Waals surface area contributed by atoms with Crippen LogP contribution in [-0.2, 0) is 96.0 Å². The predicted octanol–water partition coefficient (Wildman–Crippen LogP) is -4.30. The molecule has 117 heavy (non-hydrogen) atoms. The number of thioether (sulfide) groups is 1. The highest BCUT2D eigenvalue weighted by Crippen LogP contribution is 2.16. The number of carbonyl (C=O) groups excluding carboxylic acids is 12. The molecule has 0 fully saturated rings. The molecule has 28 N–H and O–H groups in total. The van der Waals surface area contributed by atoms with E-state index in [1.807, 2.05) is 0 Å². The van der Waals surface area contributed by atoms with E-state index in [4.69, 9.17) is 28.3 Å². The lowest BCUT2D eigenvalue weighted by molar-refractivity contribution is -0.143. The zero-order valence-electron chi connectivity index (χ0n) is 65.5. The Labute approximate surface area is 685 Å². The van der Waals surface area contributed by atoms with Gasteiger partial charge in [0.2, 0.25) is 70.9 Å². The molecule has 0 heterocycles. The molecular formula is C75H112N18O22S2. The van der Waals surface area contributed by atoms with Gasteiger partial charge in [0, 0.05) is 31.6 Å². The van der Waals surface area contributed by atoms with Gasteiger partial charge in [-0.05, 0) is 137 Å². The molecule has 3 rings (SSSR count). The van der Waals surface area contributed by atoms with E-state index in [0.29, 0.717) is 16.7 Å². The van der Waals surface area contributed by atoms with Crippen molar-refractivity contribution in [1.29, 1.82) is 5.41 Å². The van der Waals surface area contributed by atoms with Crippen LogP contribution >= 0.6 is 24.4 Å². The number of nitrogens with one attached hydrogen (secondary N) is 14. The van der Waals surface area contributed by atoms with Gasteiger partial charge >= 0.3 is 23.9 Å². The molecule has 42 heteroatoms. The summed E-state index contributed by atoms with van der Waals surface area (Å²) in [6, 6.07) is 0.927. The van der Waals surface area contributed by atoms with Crippen molar-refractivity contribution in [3.8, 4) is 5.75 Å². The molecule has 0 aliphatic rings. The second kappa shape index (κ2) is 53.1. The highest BCUT2D eigenvalue weighted by molar-refractivity contribution is 7.98. The monoisotopic (exact) mass is 1680 g/mol. The standard InChI is InChI=1S/C75H112N18O22S2/c1-40(2)60(72(112)86-50(27-28-57(96)97)67(107)93-61(41(3)94)73(113)90-55(74(114)115)36-43-18-9-6-10-19-43)92-66(106)48(21-12-14-31-77)83-69(109)53(37-58(98)99)89-65(105)51(29-33-117-4)85-70(110)54(38-59(100)101)88-64(104)47(20-11-13-30-76)82-63(103)49(22-15-32-81-75(79)80)84-68(108)52(35-42-16-7-5-8-17-42)87-71(111)56(39-116)91-62(102)46(78)34-44-23-25-45(95)26-24-44/h5-10,16-19,23-26,40-41,46-56,60-61,94-95,116H,11-15,20-22,27-39,76-78H2,1-4H3,(H,82,103)(H,83,109)(H,84,108)(H,85,110)(H,86,112)(H,87,111)(H,88,104)(H,89,105)(H,90,113)(H,91,102)(H,92,106)(H,93,107)(H,96,97)(H,98,99)(H,100,101)(H,114,115)(H4,79,80,81)/t41-,46+,47+,48+,49+,50+,51+,52+,53+,54+,55+,56+,60+,61+/m1/s1. The van der Waals surface area contributed by atoms with Crippen molar-refractivity contribution >= 4 is 125 Å².